The van der Waals surface area contributed by atoms with Gasteiger partial charge in [0.05, 0.1) is 5.52 Å². The van der Waals surface area contributed by atoms with E-state index in [1.165, 1.54) is 23.6 Å². The normalized spacial score (nSPS) is 15.7. The van der Waals surface area contributed by atoms with Gasteiger partial charge >= 0.3 is 5.97 Å². The van der Waals surface area contributed by atoms with Crippen LogP contribution in [0.2, 0.25) is 0 Å². The summed E-state index contributed by atoms with van der Waals surface area (Å²) >= 11 is 0. The second-order valence-electron chi connectivity index (χ2n) is 5.55. The number of hydrogen-bond donors (Lipinski definition) is 1. The fourth-order valence-electron chi connectivity index (χ4n) is 3.34. The van der Waals surface area contributed by atoms with E-state index in [9.17, 15) is 19.1 Å². The van der Waals surface area contributed by atoms with Gasteiger partial charge in [-0.3, -0.25) is 4.79 Å². The van der Waals surface area contributed by atoms with Crippen LogP contribution in [0, 0.1) is 12.7 Å². The first-order valence-corrected chi connectivity index (χ1v) is 7.09. The van der Waals surface area contributed by atoms with Crippen molar-refractivity contribution in [1.82, 2.24) is 4.57 Å². The zero-order valence-electron chi connectivity index (χ0n) is 11.7. The largest absolute Gasteiger partial charge is 0.477 e. The monoisotopic (exact) mass is 289 g/mol. The molecule has 0 saturated heterocycles. The summed E-state index contributed by atoms with van der Waals surface area (Å²) in [5, 5.41) is 9.75. The zero-order valence-corrected chi connectivity index (χ0v) is 11.7. The van der Waals surface area contributed by atoms with Gasteiger partial charge in [-0.2, -0.15) is 0 Å². The van der Waals surface area contributed by atoms with Crippen LogP contribution >= 0.6 is 0 Å². The lowest BCUT2D eigenvalue weighted by Gasteiger charge is -2.22. The van der Waals surface area contributed by atoms with Crippen LogP contribution < -0.4 is 5.43 Å². The van der Waals surface area contributed by atoms with Crippen LogP contribution in [0.3, 0.4) is 0 Å². The maximum atomic E-state index is 14.3. The number of halogens is 1. The van der Waals surface area contributed by atoms with Gasteiger partial charge in [0.2, 0.25) is 0 Å². The highest BCUT2D eigenvalue weighted by molar-refractivity contribution is 5.92. The molecule has 2 aromatic rings. The molecule has 1 aliphatic rings. The summed E-state index contributed by atoms with van der Waals surface area (Å²) in [6, 6.07) is 4.26. The molecule has 0 radical (unpaired) electrons. The summed E-state index contributed by atoms with van der Waals surface area (Å²) in [6.07, 6.45) is 3.60. The summed E-state index contributed by atoms with van der Waals surface area (Å²) in [5.41, 5.74) is -0.189. The highest BCUT2D eigenvalue weighted by atomic mass is 19.1. The average Bonchev–Trinajstić information content (AvgIpc) is 2.96. The van der Waals surface area contributed by atoms with Gasteiger partial charge in [-0.25, -0.2) is 9.18 Å². The molecule has 1 aliphatic carbocycles. The summed E-state index contributed by atoms with van der Waals surface area (Å²) in [5.74, 6) is -1.72. The van der Waals surface area contributed by atoms with Crippen molar-refractivity contribution in [2.75, 3.05) is 0 Å². The van der Waals surface area contributed by atoms with Crippen molar-refractivity contribution in [3.63, 3.8) is 0 Å². The van der Waals surface area contributed by atoms with Crippen LogP contribution in [0.25, 0.3) is 10.9 Å². The van der Waals surface area contributed by atoms with Gasteiger partial charge in [0.15, 0.2) is 5.43 Å². The standard InChI is InChI=1S/C16H16FNO3/c1-9-13(16(20)21)18(10-5-2-3-6-10)14-11(15(9)19)7-4-8-12(14)17/h4,7-8,10H,2-3,5-6H2,1H3,(H,20,21). The lowest BCUT2D eigenvalue weighted by atomic mass is 10.1. The quantitative estimate of drug-likeness (QED) is 0.923. The molecule has 0 aliphatic heterocycles. The Morgan fingerprint density at radius 1 is 1.33 bits per heavy atom. The smallest absolute Gasteiger partial charge is 0.352 e. The second kappa shape index (κ2) is 4.98. The number of pyridine rings is 1. The number of carboxylic acids is 1. The summed E-state index contributed by atoms with van der Waals surface area (Å²) in [7, 11) is 0. The topological polar surface area (TPSA) is 59.3 Å². The van der Waals surface area contributed by atoms with Gasteiger partial charge < -0.3 is 9.67 Å². The minimum Gasteiger partial charge on any atom is -0.477 e. The Hall–Kier alpha value is -2.17. The number of nitrogens with zero attached hydrogens (tertiary/aromatic N) is 1. The molecule has 0 atom stereocenters. The van der Waals surface area contributed by atoms with Crippen LogP contribution in [0.1, 0.15) is 47.8 Å². The minimum absolute atomic E-state index is 0.0604. The molecule has 1 aromatic heterocycles. The van der Waals surface area contributed by atoms with Gasteiger partial charge in [-0.15, -0.1) is 0 Å². The lowest BCUT2D eigenvalue weighted by Crippen LogP contribution is -2.25. The third-order valence-electron chi connectivity index (χ3n) is 4.30. The van der Waals surface area contributed by atoms with E-state index < -0.39 is 17.2 Å². The molecule has 21 heavy (non-hydrogen) atoms. The van der Waals surface area contributed by atoms with Crippen molar-refractivity contribution in [2.45, 2.75) is 38.6 Å². The van der Waals surface area contributed by atoms with Crippen molar-refractivity contribution in [2.24, 2.45) is 0 Å². The van der Waals surface area contributed by atoms with E-state index >= 15 is 0 Å². The molecule has 0 unspecified atom stereocenters. The first kappa shape index (κ1) is 13.8. The van der Waals surface area contributed by atoms with Gasteiger partial charge in [-0.05, 0) is 31.9 Å². The molecule has 1 aromatic carbocycles. The fourth-order valence-corrected chi connectivity index (χ4v) is 3.34. The molecule has 1 heterocycles. The first-order valence-electron chi connectivity index (χ1n) is 7.09. The molecular formula is C16H16FNO3. The zero-order chi connectivity index (χ0) is 15.1. The van der Waals surface area contributed by atoms with E-state index in [0.29, 0.717) is 0 Å². The van der Waals surface area contributed by atoms with Gasteiger partial charge in [0.1, 0.15) is 11.5 Å². The molecular weight excluding hydrogens is 273 g/mol. The second-order valence-corrected chi connectivity index (χ2v) is 5.55. The SMILES string of the molecule is Cc1c(C(=O)O)n(C2CCCC2)c2c(F)cccc2c1=O. The lowest BCUT2D eigenvalue weighted by molar-refractivity contribution is 0.0681. The third kappa shape index (κ3) is 2.04. The van der Waals surface area contributed by atoms with Crippen molar-refractivity contribution in [3.8, 4) is 0 Å². The molecule has 3 rings (SSSR count). The minimum atomic E-state index is -1.18. The molecule has 5 heteroatoms. The number of carboxylic acid groups (broad SMARTS) is 1. The molecule has 0 spiro atoms. The van der Waals surface area contributed by atoms with Crippen LogP contribution in [0.15, 0.2) is 23.0 Å². The van der Waals surface area contributed by atoms with Gasteiger partial charge in [-0.1, -0.05) is 18.9 Å². The molecule has 0 bridgehead atoms. The molecule has 1 saturated carbocycles. The summed E-state index contributed by atoms with van der Waals surface area (Å²) in [4.78, 5) is 24.0. The van der Waals surface area contributed by atoms with Crippen LogP contribution in [-0.2, 0) is 0 Å². The van der Waals surface area contributed by atoms with Gasteiger partial charge in [0.25, 0.3) is 0 Å². The first-order chi connectivity index (χ1) is 10.0. The number of fused-ring (bicyclic) bond motifs is 1. The summed E-state index contributed by atoms with van der Waals surface area (Å²) < 4.78 is 15.8. The maximum Gasteiger partial charge on any atom is 0.352 e. The Balaban J connectivity index is 2.50. The van der Waals surface area contributed by atoms with E-state index in [-0.39, 0.29) is 28.2 Å². The van der Waals surface area contributed by atoms with Crippen LogP contribution in [0.5, 0.6) is 0 Å². The number of benzene rings is 1. The Labute approximate surface area is 120 Å². The molecule has 1 fully saturated rings. The van der Waals surface area contributed by atoms with Crippen molar-refractivity contribution < 1.29 is 14.3 Å². The number of para-hydroxylation sites is 1. The van der Waals surface area contributed by atoms with E-state index in [0.717, 1.165) is 25.7 Å². The average molecular weight is 289 g/mol. The molecule has 4 nitrogen and oxygen atoms in total. The van der Waals surface area contributed by atoms with Crippen molar-refractivity contribution in [3.05, 3.63) is 45.5 Å². The highest BCUT2D eigenvalue weighted by Gasteiger charge is 2.27. The molecule has 0 amide bonds. The van der Waals surface area contributed by atoms with Crippen LogP contribution in [0.4, 0.5) is 4.39 Å². The van der Waals surface area contributed by atoms with E-state index in [4.69, 9.17) is 0 Å². The summed E-state index contributed by atoms with van der Waals surface area (Å²) in [6.45, 7) is 1.50. The Bertz CT molecular complexity index is 788. The number of hydrogen-bond acceptors (Lipinski definition) is 2. The highest BCUT2D eigenvalue weighted by Crippen LogP contribution is 2.34. The molecule has 110 valence electrons. The predicted molar refractivity (Wildman–Crippen MR) is 77.4 cm³/mol. The van der Waals surface area contributed by atoms with Crippen molar-refractivity contribution in [1.29, 1.82) is 0 Å². The number of rotatable bonds is 2. The van der Waals surface area contributed by atoms with Gasteiger partial charge in [0, 0.05) is 17.0 Å². The fraction of sp³-hybridized carbons (Fsp3) is 0.375. The third-order valence-corrected chi connectivity index (χ3v) is 4.30. The Morgan fingerprint density at radius 3 is 2.62 bits per heavy atom. The van der Waals surface area contributed by atoms with Crippen molar-refractivity contribution >= 4 is 16.9 Å². The Kier molecular flexibility index (Phi) is 3.27. The van der Waals surface area contributed by atoms with E-state index in [1.807, 2.05) is 0 Å². The Morgan fingerprint density at radius 2 is 2.00 bits per heavy atom. The molecule has 1 N–H and O–H groups in total. The predicted octanol–water partition coefficient (Wildman–Crippen LogP) is 3.26. The maximum absolute atomic E-state index is 14.3. The van der Waals surface area contributed by atoms with E-state index in [2.05, 4.69) is 0 Å². The van der Waals surface area contributed by atoms with Crippen LogP contribution in [-0.4, -0.2) is 15.6 Å². The number of aromatic carboxylic acids is 1. The number of carbonyl (C=O) groups is 1. The number of aromatic nitrogens is 1. The van der Waals surface area contributed by atoms with E-state index in [1.54, 1.807) is 6.07 Å².